The Balaban J connectivity index is 1.56. The summed E-state index contributed by atoms with van der Waals surface area (Å²) in [6, 6.07) is 9.94. The molecular formula is C18H24N6O. The summed E-state index contributed by atoms with van der Waals surface area (Å²) in [5.41, 5.74) is 1.01. The fourth-order valence-electron chi connectivity index (χ4n) is 2.94. The van der Waals surface area contributed by atoms with Crippen molar-refractivity contribution in [3.05, 3.63) is 48.3 Å². The number of aromatic nitrogens is 2. The minimum atomic E-state index is 0.629. The number of anilines is 1. The van der Waals surface area contributed by atoms with Crippen LogP contribution in [0.4, 0.5) is 5.82 Å². The minimum Gasteiger partial charge on any atom is -0.481 e. The maximum Gasteiger partial charge on any atom is 0.218 e. The third-order valence-corrected chi connectivity index (χ3v) is 4.24. The van der Waals surface area contributed by atoms with Crippen LogP contribution in [-0.4, -0.2) is 61.2 Å². The molecular weight excluding hydrogens is 316 g/mol. The molecule has 3 heterocycles. The van der Waals surface area contributed by atoms with Crippen molar-refractivity contribution in [3.8, 4) is 5.88 Å². The standard InChI is InChI=1S/C18H24N6O/c1-19-18(22-14-15-6-5-9-21-17(15)25-2)24-12-10-23(11-13-24)16-7-3-4-8-20-16/h3-9H,10-14H2,1-2H3,(H,19,22). The summed E-state index contributed by atoms with van der Waals surface area (Å²) in [7, 11) is 3.45. The van der Waals surface area contributed by atoms with E-state index >= 15 is 0 Å². The molecule has 0 bridgehead atoms. The number of nitrogens with one attached hydrogen (secondary N) is 1. The van der Waals surface area contributed by atoms with Crippen LogP contribution >= 0.6 is 0 Å². The molecule has 25 heavy (non-hydrogen) atoms. The molecule has 3 rings (SSSR count). The molecule has 7 heteroatoms. The van der Waals surface area contributed by atoms with Crippen LogP contribution in [0.5, 0.6) is 5.88 Å². The van der Waals surface area contributed by atoms with E-state index in [1.807, 2.05) is 37.5 Å². The first-order valence-corrected chi connectivity index (χ1v) is 8.41. The number of methoxy groups -OCH3 is 1. The quantitative estimate of drug-likeness (QED) is 0.670. The van der Waals surface area contributed by atoms with Crippen LogP contribution < -0.4 is 15.0 Å². The predicted molar refractivity (Wildman–Crippen MR) is 99.0 cm³/mol. The Bertz CT molecular complexity index is 698. The second-order valence-electron chi connectivity index (χ2n) is 5.73. The average Bonchev–Trinajstić information content (AvgIpc) is 2.70. The summed E-state index contributed by atoms with van der Waals surface area (Å²) < 4.78 is 5.30. The van der Waals surface area contributed by atoms with Crippen molar-refractivity contribution < 1.29 is 4.74 Å². The van der Waals surface area contributed by atoms with E-state index in [9.17, 15) is 0 Å². The number of hydrogen-bond acceptors (Lipinski definition) is 5. The molecule has 2 aromatic heterocycles. The summed E-state index contributed by atoms with van der Waals surface area (Å²) in [5.74, 6) is 2.57. The molecule has 132 valence electrons. The highest BCUT2D eigenvalue weighted by Crippen LogP contribution is 2.14. The Hall–Kier alpha value is -2.83. The van der Waals surface area contributed by atoms with E-state index < -0.39 is 0 Å². The van der Waals surface area contributed by atoms with E-state index in [1.165, 1.54) is 0 Å². The second kappa shape index (κ2) is 8.32. The van der Waals surface area contributed by atoms with Crippen LogP contribution in [0, 0.1) is 0 Å². The molecule has 7 nitrogen and oxygen atoms in total. The number of aliphatic imine (C=N–C) groups is 1. The summed E-state index contributed by atoms with van der Waals surface area (Å²) in [4.78, 5) is 17.6. The maximum absolute atomic E-state index is 5.30. The fraction of sp³-hybridized carbons (Fsp3) is 0.389. The van der Waals surface area contributed by atoms with E-state index in [-0.39, 0.29) is 0 Å². The van der Waals surface area contributed by atoms with E-state index in [1.54, 1.807) is 13.3 Å². The number of nitrogens with zero attached hydrogens (tertiary/aromatic N) is 5. The largest absolute Gasteiger partial charge is 0.481 e. The molecule has 0 spiro atoms. The third-order valence-electron chi connectivity index (χ3n) is 4.24. The van der Waals surface area contributed by atoms with Gasteiger partial charge in [0, 0.05) is 57.7 Å². The van der Waals surface area contributed by atoms with Crippen molar-refractivity contribution in [1.82, 2.24) is 20.2 Å². The molecule has 0 atom stereocenters. The zero-order valence-corrected chi connectivity index (χ0v) is 14.7. The van der Waals surface area contributed by atoms with Crippen LogP contribution in [0.25, 0.3) is 0 Å². The molecule has 1 aliphatic heterocycles. The number of guanidine groups is 1. The molecule has 0 aromatic carbocycles. The van der Waals surface area contributed by atoms with Gasteiger partial charge in [-0.2, -0.15) is 0 Å². The Morgan fingerprint density at radius 2 is 1.92 bits per heavy atom. The van der Waals surface area contributed by atoms with Gasteiger partial charge in [-0.05, 0) is 18.2 Å². The SMILES string of the molecule is CN=C(NCc1cccnc1OC)N1CCN(c2ccccn2)CC1. The summed E-state index contributed by atoms with van der Waals surface area (Å²) in [6.45, 7) is 4.28. The number of rotatable bonds is 4. The van der Waals surface area contributed by atoms with Gasteiger partial charge < -0.3 is 19.9 Å². The van der Waals surface area contributed by atoms with Gasteiger partial charge in [0.1, 0.15) is 5.82 Å². The first kappa shape index (κ1) is 17.0. The Kier molecular flexibility index (Phi) is 5.66. The molecule has 1 saturated heterocycles. The van der Waals surface area contributed by atoms with Crippen LogP contribution in [0.15, 0.2) is 47.7 Å². The van der Waals surface area contributed by atoms with Crippen LogP contribution in [0.1, 0.15) is 5.56 Å². The molecule has 1 N–H and O–H groups in total. The van der Waals surface area contributed by atoms with Gasteiger partial charge in [-0.3, -0.25) is 4.99 Å². The summed E-state index contributed by atoms with van der Waals surface area (Å²) in [5, 5.41) is 3.41. The van der Waals surface area contributed by atoms with Crippen molar-refractivity contribution in [1.29, 1.82) is 0 Å². The number of piperazine rings is 1. The lowest BCUT2D eigenvalue weighted by Crippen LogP contribution is -2.52. The molecule has 1 aliphatic rings. The van der Waals surface area contributed by atoms with Gasteiger partial charge in [0.2, 0.25) is 5.88 Å². The number of ether oxygens (including phenoxy) is 1. The van der Waals surface area contributed by atoms with Crippen LogP contribution in [0.2, 0.25) is 0 Å². The average molecular weight is 340 g/mol. The Morgan fingerprint density at radius 3 is 2.60 bits per heavy atom. The highest BCUT2D eigenvalue weighted by atomic mass is 16.5. The molecule has 0 radical (unpaired) electrons. The lowest BCUT2D eigenvalue weighted by atomic mass is 10.2. The third kappa shape index (κ3) is 4.17. The van der Waals surface area contributed by atoms with Crippen molar-refractivity contribution in [3.63, 3.8) is 0 Å². The van der Waals surface area contributed by atoms with E-state index in [0.29, 0.717) is 12.4 Å². The van der Waals surface area contributed by atoms with E-state index in [0.717, 1.165) is 43.5 Å². The van der Waals surface area contributed by atoms with Gasteiger partial charge in [0.05, 0.1) is 7.11 Å². The number of hydrogen-bond donors (Lipinski definition) is 1. The first-order chi connectivity index (χ1) is 12.3. The van der Waals surface area contributed by atoms with E-state index in [2.05, 4.69) is 36.1 Å². The molecule has 0 amide bonds. The Labute approximate surface area is 148 Å². The van der Waals surface area contributed by atoms with Gasteiger partial charge in [-0.25, -0.2) is 9.97 Å². The monoisotopic (exact) mass is 340 g/mol. The molecule has 2 aromatic rings. The molecule has 0 saturated carbocycles. The van der Waals surface area contributed by atoms with Crippen LogP contribution in [-0.2, 0) is 6.54 Å². The smallest absolute Gasteiger partial charge is 0.218 e. The predicted octanol–water partition coefficient (Wildman–Crippen LogP) is 1.38. The van der Waals surface area contributed by atoms with Gasteiger partial charge in [-0.1, -0.05) is 12.1 Å². The summed E-state index contributed by atoms with van der Waals surface area (Å²) in [6.07, 6.45) is 3.57. The van der Waals surface area contributed by atoms with Crippen molar-refractivity contribution in [2.45, 2.75) is 6.54 Å². The van der Waals surface area contributed by atoms with Gasteiger partial charge in [-0.15, -0.1) is 0 Å². The second-order valence-corrected chi connectivity index (χ2v) is 5.73. The molecule has 0 aliphatic carbocycles. The zero-order chi connectivity index (χ0) is 17.5. The first-order valence-electron chi connectivity index (χ1n) is 8.41. The lowest BCUT2D eigenvalue weighted by Gasteiger charge is -2.37. The normalized spacial score (nSPS) is 15.2. The zero-order valence-electron chi connectivity index (χ0n) is 14.7. The highest BCUT2D eigenvalue weighted by Gasteiger charge is 2.20. The maximum atomic E-state index is 5.30. The van der Waals surface area contributed by atoms with Gasteiger partial charge in [0.15, 0.2) is 5.96 Å². The van der Waals surface area contributed by atoms with Gasteiger partial charge >= 0.3 is 0 Å². The summed E-state index contributed by atoms with van der Waals surface area (Å²) >= 11 is 0. The topological polar surface area (TPSA) is 65.9 Å². The highest BCUT2D eigenvalue weighted by molar-refractivity contribution is 5.80. The van der Waals surface area contributed by atoms with E-state index in [4.69, 9.17) is 4.74 Å². The van der Waals surface area contributed by atoms with Crippen LogP contribution in [0.3, 0.4) is 0 Å². The minimum absolute atomic E-state index is 0.629. The lowest BCUT2D eigenvalue weighted by molar-refractivity contribution is 0.369. The fourth-order valence-corrected chi connectivity index (χ4v) is 2.94. The molecule has 0 unspecified atom stereocenters. The molecule has 1 fully saturated rings. The van der Waals surface area contributed by atoms with Crippen molar-refractivity contribution >= 4 is 11.8 Å². The number of pyridine rings is 2. The van der Waals surface area contributed by atoms with Crippen molar-refractivity contribution in [2.24, 2.45) is 4.99 Å². The van der Waals surface area contributed by atoms with Gasteiger partial charge in [0.25, 0.3) is 0 Å². The Morgan fingerprint density at radius 1 is 1.12 bits per heavy atom. The van der Waals surface area contributed by atoms with Crippen molar-refractivity contribution in [2.75, 3.05) is 45.2 Å².